The maximum atomic E-state index is 12.5. The fraction of sp³-hybridized carbons (Fsp3) is 0.538. The predicted molar refractivity (Wildman–Crippen MR) is 76.7 cm³/mol. The van der Waals surface area contributed by atoms with E-state index in [0.717, 1.165) is 12.8 Å². The molecule has 1 rings (SSSR count). The van der Waals surface area contributed by atoms with E-state index in [0.29, 0.717) is 18.8 Å². The summed E-state index contributed by atoms with van der Waals surface area (Å²) < 4.78 is 31.6. The Morgan fingerprint density at radius 1 is 1.21 bits per heavy atom. The maximum Gasteiger partial charge on any atom is 0.245 e. The Hall–Kier alpha value is -1.27. The zero-order chi connectivity index (χ0) is 14.5. The maximum absolute atomic E-state index is 12.5. The van der Waals surface area contributed by atoms with Crippen LogP contribution in [0.2, 0.25) is 0 Å². The van der Waals surface area contributed by atoms with Crippen molar-refractivity contribution in [1.29, 1.82) is 0 Å². The monoisotopic (exact) mass is 286 g/mol. The van der Waals surface area contributed by atoms with Crippen LogP contribution in [0, 0.1) is 0 Å². The lowest BCUT2D eigenvalue weighted by molar-refractivity contribution is 0.408. The van der Waals surface area contributed by atoms with Gasteiger partial charge in [-0.2, -0.15) is 4.31 Å². The van der Waals surface area contributed by atoms with Gasteiger partial charge in [-0.25, -0.2) is 8.42 Å². The van der Waals surface area contributed by atoms with Crippen LogP contribution >= 0.6 is 0 Å². The van der Waals surface area contributed by atoms with Crippen LogP contribution in [0.5, 0.6) is 5.75 Å². The number of ether oxygens (including phenoxy) is 1. The molecule has 0 bridgehead atoms. The van der Waals surface area contributed by atoms with Gasteiger partial charge in [-0.1, -0.05) is 13.8 Å². The molecular formula is C13H22N2O3S. The molecule has 0 aliphatic rings. The molecule has 1 aromatic carbocycles. The van der Waals surface area contributed by atoms with Gasteiger partial charge in [-0.15, -0.1) is 0 Å². The molecule has 2 N–H and O–H groups in total. The molecule has 108 valence electrons. The largest absolute Gasteiger partial charge is 0.497 e. The van der Waals surface area contributed by atoms with Gasteiger partial charge >= 0.3 is 0 Å². The molecule has 0 saturated carbocycles. The van der Waals surface area contributed by atoms with E-state index >= 15 is 0 Å². The second-order valence-electron chi connectivity index (χ2n) is 4.31. The molecule has 5 nitrogen and oxygen atoms in total. The molecule has 0 spiro atoms. The molecule has 1 aromatic rings. The third-order valence-electron chi connectivity index (χ3n) is 2.78. The fourth-order valence-electron chi connectivity index (χ4n) is 1.88. The Morgan fingerprint density at radius 2 is 1.79 bits per heavy atom. The minimum absolute atomic E-state index is 0.148. The first-order chi connectivity index (χ1) is 8.97. The van der Waals surface area contributed by atoms with Crippen LogP contribution in [0.15, 0.2) is 23.1 Å². The molecule has 0 radical (unpaired) electrons. The van der Waals surface area contributed by atoms with Gasteiger partial charge in [0.1, 0.15) is 10.6 Å². The molecule has 0 heterocycles. The van der Waals surface area contributed by atoms with Gasteiger partial charge in [0, 0.05) is 19.2 Å². The first-order valence-corrected chi connectivity index (χ1v) is 7.85. The third kappa shape index (κ3) is 3.61. The van der Waals surface area contributed by atoms with Gasteiger partial charge in [-0.05, 0) is 25.0 Å². The van der Waals surface area contributed by atoms with Crippen molar-refractivity contribution in [3.63, 3.8) is 0 Å². The summed E-state index contributed by atoms with van der Waals surface area (Å²) in [4.78, 5) is 0.148. The molecule has 0 aliphatic carbocycles. The Kier molecular flexibility index (Phi) is 5.62. The number of hydrogen-bond donors (Lipinski definition) is 1. The summed E-state index contributed by atoms with van der Waals surface area (Å²) in [7, 11) is -2.01. The Labute approximate surface area is 115 Å². The molecule has 19 heavy (non-hydrogen) atoms. The molecule has 0 amide bonds. The highest BCUT2D eigenvalue weighted by atomic mass is 32.2. The summed E-state index contributed by atoms with van der Waals surface area (Å²) >= 11 is 0. The van der Waals surface area contributed by atoms with E-state index < -0.39 is 10.0 Å². The molecule has 0 saturated heterocycles. The number of nitrogens with zero attached hydrogens (tertiary/aromatic N) is 1. The summed E-state index contributed by atoms with van der Waals surface area (Å²) in [5.41, 5.74) is 6.05. The van der Waals surface area contributed by atoms with Gasteiger partial charge in [0.2, 0.25) is 10.0 Å². The minimum Gasteiger partial charge on any atom is -0.497 e. The number of sulfonamides is 1. The number of nitrogens with two attached hydrogens (primary N) is 1. The SMILES string of the molecule is CCCN(CCC)S(=O)(=O)c1ccc(OC)cc1N. The van der Waals surface area contributed by atoms with E-state index in [1.54, 1.807) is 6.07 Å². The number of anilines is 1. The minimum atomic E-state index is -3.53. The molecular weight excluding hydrogens is 264 g/mol. The van der Waals surface area contributed by atoms with Crippen LogP contribution in [-0.2, 0) is 10.0 Å². The lowest BCUT2D eigenvalue weighted by Gasteiger charge is -2.22. The van der Waals surface area contributed by atoms with E-state index in [-0.39, 0.29) is 10.6 Å². The quantitative estimate of drug-likeness (QED) is 0.779. The van der Waals surface area contributed by atoms with Crippen molar-refractivity contribution < 1.29 is 13.2 Å². The van der Waals surface area contributed by atoms with Crippen molar-refractivity contribution in [2.75, 3.05) is 25.9 Å². The van der Waals surface area contributed by atoms with Gasteiger partial charge < -0.3 is 10.5 Å². The molecule has 6 heteroatoms. The first-order valence-electron chi connectivity index (χ1n) is 6.41. The predicted octanol–water partition coefficient (Wildman–Crippen LogP) is 2.09. The van der Waals surface area contributed by atoms with E-state index in [4.69, 9.17) is 10.5 Å². The summed E-state index contributed by atoms with van der Waals surface area (Å²) in [5, 5.41) is 0. The zero-order valence-corrected chi connectivity index (χ0v) is 12.5. The van der Waals surface area contributed by atoms with Crippen LogP contribution in [-0.4, -0.2) is 32.9 Å². The summed E-state index contributed by atoms with van der Waals surface area (Å²) in [6.07, 6.45) is 1.55. The molecule has 0 aliphatic heterocycles. The van der Waals surface area contributed by atoms with Crippen molar-refractivity contribution in [3.05, 3.63) is 18.2 Å². The highest BCUT2D eigenvalue weighted by Gasteiger charge is 2.25. The smallest absolute Gasteiger partial charge is 0.245 e. The fourth-order valence-corrected chi connectivity index (χ4v) is 3.60. The van der Waals surface area contributed by atoms with E-state index in [1.165, 1.54) is 23.5 Å². The summed E-state index contributed by atoms with van der Waals surface area (Å²) in [6, 6.07) is 4.64. The summed E-state index contributed by atoms with van der Waals surface area (Å²) in [5.74, 6) is 0.550. The van der Waals surface area contributed by atoms with Crippen molar-refractivity contribution in [1.82, 2.24) is 4.31 Å². The van der Waals surface area contributed by atoms with Crippen LogP contribution < -0.4 is 10.5 Å². The van der Waals surface area contributed by atoms with Gasteiger partial charge in [0.15, 0.2) is 0 Å². The highest BCUT2D eigenvalue weighted by molar-refractivity contribution is 7.89. The standard InChI is InChI=1S/C13H22N2O3S/c1-4-8-15(9-5-2)19(16,17)13-7-6-11(18-3)10-12(13)14/h6-7,10H,4-5,8-9,14H2,1-3H3. The van der Waals surface area contributed by atoms with E-state index in [9.17, 15) is 8.42 Å². The molecule has 0 aromatic heterocycles. The number of hydrogen-bond acceptors (Lipinski definition) is 4. The van der Waals surface area contributed by atoms with Crippen molar-refractivity contribution in [2.24, 2.45) is 0 Å². The third-order valence-corrected chi connectivity index (χ3v) is 4.75. The van der Waals surface area contributed by atoms with E-state index in [1.807, 2.05) is 13.8 Å². The number of rotatable bonds is 7. The number of methoxy groups -OCH3 is 1. The average molecular weight is 286 g/mol. The second-order valence-corrected chi connectivity index (χ2v) is 6.21. The van der Waals surface area contributed by atoms with Crippen molar-refractivity contribution in [2.45, 2.75) is 31.6 Å². The van der Waals surface area contributed by atoms with Crippen LogP contribution in [0.25, 0.3) is 0 Å². The highest BCUT2D eigenvalue weighted by Crippen LogP contribution is 2.26. The number of nitrogen functional groups attached to an aromatic ring is 1. The Balaban J connectivity index is 3.17. The Morgan fingerprint density at radius 3 is 2.21 bits per heavy atom. The van der Waals surface area contributed by atoms with Gasteiger partial charge in [0.05, 0.1) is 12.8 Å². The van der Waals surface area contributed by atoms with Gasteiger partial charge in [-0.3, -0.25) is 0 Å². The normalized spacial score (nSPS) is 11.8. The lowest BCUT2D eigenvalue weighted by atomic mass is 10.3. The topological polar surface area (TPSA) is 72.6 Å². The molecule has 0 fully saturated rings. The first kappa shape index (κ1) is 15.8. The summed E-state index contributed by atoms with van der Waals surface area (Å²) in [6.45, 7) is 4.91. The van der Waals surface area contributed by atoms with Crippen LogP contribution in [0.4, 0.5) is 5.69 Å². The molecule has 0 unspecified atom stereocenters. The van der Waals surface area contributed by atoms with Crippen molar-refractivity contribution >= 4 is 15.7 Å². The number of benzene rings is 1. The second kappa shape index (κ2) is 6.77. The zero-order valence-electron chi connectivity index (χ0n) is 11.7. The van der Waals surface area contributed by atoms with E-state index in [2.05, 4.69) is 0 Å². The Bertz CT molecular complexity index is 509. The molecule has 0 atom stereocenters. The lowest BCUT2D eigenvalue weighted by Crippen LogP contribution is -2.33. The van der Waals surface area contributed by atoms with Crippen LogP contribution in [0.1, 0.15) is 26.7 Å². The van der Waals surface area contributed by atoms with Crippen molar-refractivity contribution in [3.8, 4) is 5.75 Å². The average Bonchev–Trinajstić information content (AvgIpc) is 2.38. The van der Waals surface area contributed by atoms with Crippen LogP contribution in [0.3, 0.4) is 0 Å². The van der Waals surface area contributed by atoms with Gasteiger partial charge in [0.25, 0.3) is 0 Å².